The van der Waals surface area contributed by atoms with E-state index in [1.54, 1.807) is 12.1 Å². The number of pyridine rings is 1. The van der Waals surface area contributed by atoms with E-state index in [2.05, 4.69) is 15.0 Å². The van der Waals surface area contributed by atoms with Gasteiger partial charge in [-0.2, -0.15) is 13.2 Å². The van der Waals surface area contributed by atoms with E-state index in [1.807, 2.05) is 30.3 Å². The van der Waals surface area contributed by atoms with Crippen LogP contribution in [0, 0.1) is 0 Å². The minimum Gasteiger partial charge on any atom is -0.468 e. The fourth-order valence-electron chi connectivity index (χ4n) is 1.75. The number of amides is 1. The van der Waals surface area contributed by atoms with Gasteiger partial charge >= 0.3 is 6.18 Å². The highest BCUT2D eigenvalue weighted by Gasteiger charge is 2.29. The molecule has 0 fully saturated rings. The molecule has 0 radical (unpaired) electrons. The Balaban J connectivity index is 1.84. The van der Waals surface area contributed by atoms with Crippen LogP contribution in [-0.4, -0.2) is 29.4 Å². The van der Waals surface area contributed by atoms with E-state index in [9.17, 15) is 18.0 Å². The third-order valence-electron chi connectivity index (χ3n) is 2.81. The van der Waals surface area contributed by atoms with Gasteiger partial charge in [0.25, 0.3) is 0 Å². The van der Waals surface area contributed by atoms with Crippen molar-refractivity contribution in [3.05, 3.63) is 54.2 Å². The number of ether oxygens (including phenoxy) is 1. The molecule has 1 aromatic heterocycles. The number of carbonyl (C=O) groups excluding carboxylic acids is 1. The van der Waals surface area contributed by atoms with Crippen LogP contribution in [0.25, 0.3) is 0 Å². The smallest absolute Gasteiger partial charge is 0.422 e. The molecule has 1 N–H and O–H groups in total. The molecule has 24 heavy (non-hydrogen) atoms. The molecule has 1 heterocycles. The van der Waals surface area contributed by atoms with Crippen molar-refractivity contribution in [2.45, 2.75) is 17.6 Å². The molecule has 0 aliphatic heterocycles. The molecule has 0 saturated heterocycles. The Morgan fingerprint density at radius 3 is 2.62 bits per heavy atom. The topological polar surface area (TPSA) is 51.2 Å². The lowest BCUT2D eigenvalue weighted by molar-refractivity contribution is -0.154. The molecular formula is C16H15F3N2O2S. The largest absolute Gasteiger partial charge is 0.468 e. The summed E-state index contributed by atoms with van der Waals surface area (Å²) in [6.07, 6.45) is -3.10. The highest BCUT2D eigenvalue weighted by atomic mass is 32.2. The van der Waals surface area contributed by atoms with Gasteiger partial charge in [0.15, 0.2) is 6.61 Å². The third-order valence-corrected chi connectivity index (χ3v) is 3.82. The Bertz CT molecular complexity index is 666. The number of hydrogen-bond acceptors (Lipinski definition) is 4. The molecule has 2 rings (SSSR count). The van der Waals surface area contributed by atoms with E-state index in [4.69, 9.17) is 0 Å². The first-order valence-corrected chi connectivity index (χ1v) is 8.00. The number of nitrogens with zero attached hydrogens (tertiary/aromatic N) is 1. The van der Waals surface area contributed by atoms with E-state index in [0.717, 1.165) is 4.90 Å². The average molecular weight is 356 g/mol. The van der Waals surface area contributed by atoms with Gasteiger partial charge in [-0.1, -0.05) is 24.3 Å². The number of hydrogen-bond donors (Lipinski definition) is 1. The zero-order chi connectivity index (χ0) is 17.4. The Kier molecular flexibility index (Phi) is 6.48. The van der Waals surface area contributed by atoms with Gasteiger partial charge in [-0.3, -0.25) is 4.79 Å². The van der Waals surface area contributed by atoms with Crippen LogP contribution in [0.3, 0.4) is 0 Å². The highest BCUT2D eigenvalue weighted by Crippen LogP contribution is 2.20. The maximum atomic E-state index is 12.2. The Morgan fingerprint density at radius 2 is 1.92 bits per heavy atom. The van der Waals surface area contributed by atoms with Crippen molar-refractivity contribution >= 4 is 17.7 Å². The van der Waals surface area contributed by atoms with Gasteiger partial charge in [0.1, 0.15) is 0 Å². The molecule has 1 amide bonds. The van der Waals surface area contributed by atoms with Crippen LogP contribution in [-0.2, 0) is 11.3 Å². The Labute approximate surface area is 141 Å². The second-order valence-corrected chi connectivity index (χ2v) is 5.80. The lowest BCUT2D eigenvalue weighted by atomic mass is 10.2. The maximum Gasteiger partial charge on any atom is 0.422 e. The summed E-state index contributed by atoms with van der Waals surface area (Å²) in [5.74, 6) is -0.149. The van der Waals surface area contributed by atoms with Gasteiger partial charge in [-0.15, -0.1) is 11.8 Å². The normalized spacial score (nSPS) is 11.1. The molecule has 0 aliphatic carbocycles. The minimum absolute atomic E-state index is 0.0508. The van der Waals surface area contributed by atoms with Crippen molar-refractivity contribution in [1.82, 2.24) is 10.3 Å². The lowest BCUT2D eigenvalue weighted by Crippen LogP contribution is -2.25. The van der Waals surface area contributed by atoms with E-state index in [0.29, 0.717) is 5.56 Å². The summed E-state index contributed by atoms with van der Waals surface area (Å²) in [6.45, 7) is -1.37. The molecule has 0 saturated carbocycles. The minimum atomic E-state index is -4.44. The van der Waals surface area contributed by atoms with Gasteiger partial charge in [-0.25, -0.2) is 4.98 Å². The van der Waals surface area contributed by atoms with E-state index < -0.39 is 12.8 Å². The predicted molar refractivity (Wildman–Crippen MR) is 84.8 cm³/mol. The maximum absolute atomic E-state index is 12.2. The summed E-state index contributed by atoms with van der Waals surface area (Å²) in [4.78, 5) is 16.6. The monoisotopic (exact) mass is 356 g/mol. The number of benzene rings is 1. The number of thioether (sulfide) groups is 1. The first-order valence-electron chi connectivity index (χ1n) is 7.02. The standard InChI is InChI=1S/C16H15F3N2O2S/c17-16(18,19)11-23-15-12(5-4-8-20-15)9-21-14(22)10-24-13-6-2-1-3-7-13/h1-8H,9-11H2,(H,21,22). The zero-order valence-electron chi connectivity index (χ0n) is 12.5. The van der Waals surface area contributed by atoms with Crippen LogP contribution in [0.5, 0.6) is 5.88 Å². The van der Waals surface area contributed by atoms with Crippen LogP contribution in [0.15, 0.2) is 53.6 Å². The van der Waals surface area contributed by atoms with Crippen LogP contribution in [0.4, 0.5) is 13.2 Å². The summed E-state index contributed by atoms with van der Waals surface area (Å²) in [5.41, 5.74) is 0.389. The zero-order valence-corrected chi connectivity index (χ0v) is 13.4. The number of rotatable bonds is 7. The molecule has 1 aromatic carbocycles. The van der Waals surface area contributed by atoms with Crippen molar-refractivity contribution in [3.63, 3.8) is 0 Å². The first kappa shape index (κ1) is 18.1. The van der Waals surface area contributed by atoms with Crippen molar-refractivity contribution in [2.75, 3.05) is 12.4 Å². The van der Waals surface area contributed by atoms with Crippen molar-refractivity contribution in [3.8, 4) is 5.88 Å². The summed E-state index contributed by atoms with van der Waals surface area (Å²) >= 11 is 1.37. The second-order valence-electron chi connectivity index (χ2n) is 4.75. The summed E-state index contributed by atoms with van der Waals surface area (Å²) in [5, 5.41) is 2.65. The van der Waals surface area contributed by atoms with Crippen molar-refractivity contribution in [2.24, 2.45) is 0 Å². The second kappa shape index (κ2) is 8.58. The fourth-order valence-corrected chi connectivity index (χ4v) is 2.50. The number of alkyl halides is 3. The van der Waals surface area contributed by atoms with Crippen LogP contribution in [0.2, 0.25) is 0 Å². The van der Waals surface area contributed by atoms with E-state index >= 15 is 0 Å². The van der Waals surface area contributed by atoms with Gasteiger partial charge < -0.3 is 10.1 Å². The molecule has 128 valence electrons. The van der Waals surface area contributed by atoms with Crippen LogP contribution < -0.4 is 10.1 Å². The number of aromatic nitrogens is 1. The van der Waals surface area contributed by atoms with Crippen LogP contribution >= 0.6 is 11.8 Å². The number of nitrogens with one attached hydrogen (secondary N) is 1. The van der Waals surface area contributed by atoms with Gasteiger partial charge in [0, 0.05) is 23.2 Å². The Hall–Kier alpha value is -2.22. The number of carbonyl (C=O) groups is 1. The van der Waals surface area contributed by atoms with Gasteiger partial charge in [0.05, 0.1) is 5.75 Å². The lowest BCUT2D eigenvalue weighted by Gasteiger charge is -2.12. The highest BCUT2D eigenvalue weighted by molar-refractivity contribution is 8.00. The van der Waals surface area contributed by atoms with Gasteiger partial charge in [-0.05, 0) is 18.2 Å². The Morgan fingerprint density at radius 1 is 1.17 bits per heavy atom. The molecule has 2 aromatic rings. The summed E-state index contributed by atoms with van der Waals surface area (Å²) in [6, 6.07) is 12.5. The summed E-state index contributed by atoms with van der Waals surface area (Å²) in [7, 11) is 0. The SMILES string of the molecule is O=C(CSc1ccccc1)NCc1cccnc1OCC(F)(F)F. The third kappa shape index (κ3) is 6.49. The quantitative estimate of drug-likeness (QED) is 0.773. The molecule has 8 heteroatoms. The first-order chi connectivity index (χ1) is 11.4. The summed E-state index contributed by atoms with van der Waals surface area (Å²) < 4.78 is 41.3. The molecule has 0 atom stereocenters. The number of halogens is 3. The van der Waals surface area contributed by atoms with Crippen molar-refractivity contribution in [1.29, 1.82) is 0 Å². The molecular weight excluding hydrogens is 341 g/mol. The molecule has 4 nitrogen and oxygen atoms in total. The van der Waals surface area contributed by atoms with Crippen LogP contribution in [0.1, 0.15) is 5.56 Å². The molecule has 0 aliphatic rings. The average Bonchev–Trinajstić information content (AvgIpc) is 2.57. The predicted octanol–water partition coefficient (Wildman–Crippen LogP) is 3.43. The molecule has 0 unspecified atom stereocenters. The van der Waals surface area contributed by atoms with Gasteiger partial charge in [0.2, 0.25) is 11.8 Å². The van der Waals surface area contributed by atoms with Crippen molar-refractivity contribution < 1.29 is 22.7 Å². The molecule has 0 bridgehead atoms. The molecule has 0 spiro atoms. The van der Waals surface area contributed by atoms with E-state index in [1.165, 1.54) is 18.0 Å². The fraction of sp³-hybridized carbons (Fsp3) is 0.250. The van der Waals surface area contributed by atoms with E-state index in [-0.39, 0.29) is 24.1 Å².